The number of methoxy groups -OCH3 is 1. The number of urea groups is 1. The molecular weight excluding hydrogens is 635 g/mol. The average Bonchev–Trinajstić information content (AvgIpc) is 3.61. The lowest BCUT2D eigenvalue weighted by molar-refractivity contribution is 0.0224. The SMILES string of the molecule is COc1cc2scnc2cc1-c1cn(COCC[Si](C)(C)C)c2nc(NC(=O)NCCN3CCN(C(=O)O)C(C(C)(C)C)C3)ccc12. The van der Waals surface area contributed by atoms with E-state index in [2.05, 4.69) is 60.9 Å². The normalized spacial score (nSPS) is 16.1. The van der Waals surface area contributed by atoms with Crippen LogP contribution in [0.1, 0.15) is 20.8 Å². The Morgan fingerprint density at radius 3 is 2.64 bits per heavy atom. The number of benzene rings is 1. The highest BCUT2D eigenvalue weighted by Crippen LogP contribution is 2.39. The largest absolute Gasteiger partial charge is 0.496 e. The zero-order chi connectivity index (χ0) is 33.9. The molecule has 1 aromatic carbocycles. The van der Waals surface area contributed by atoms with Crippen LogP contribution in [0.25, 0.3) is 32.4 Å². The summed E-state index contributed by atoms with van der Waals surface area (Å²) in [7, 11) is 0.416. The van der Waals surface area contributed by atoms with Crippen molar-refractivity contribution in [3.63, 3.8) is 0 Å². The van der Waals surface area contributed by atoms with Crippen LogP contribution in [0.4, 0.5) is 15.4 Å². The highest BCUT2D eigenvalue weighted by atomic mass is 32.1. The fourth-order valence-corrected chi connectivity index (χ4v) is 7.30. The Morgan fingerprint density at radius 2 is 1.94 bits per heavy atom. The van der Waals surface area contributed by atoms with Crippen molar-refractivity contribution in [2.75, 3.05) is 51.8 Å². The summed E-state index contributed by atoms with van der Waals surface area (Å²) in [6, 6.07) is 8.40. The van der Waals surface area contributed by atoms with E-state index in [-0.39, 0.29) is 17.5 Å². The maximum Gasteiger partial charge on any atom is 0.407 e. The molecular formula is C33H47N7O5SSi. The highest BCUT2D eigenvalue weighted by Gasteiger charge is 2.37. The van der Waals surface area contributed by atoms with Gasteiger partial charge in [-0.15, -0.1) is 11.3 Å². The predicted octanol–water partition coefficient (Wildman–Crippen LogP) is 6.47. The number of piperazine rings is 1. The summed E-state index contributed by atoms with van der Waals surface area (Å²) < 4.78 is 14.9. The lowest BCUT2D eigenvalue weighted by Crippen LogP contribution is -2.60. The van der Waals surface area contributed by atoms with Crippen molar-refractivity contribution in [3.05, 3.63) is 36.0 Å². The van der Waals surface area contributed by atoms with E-state index in [1.807, 2.05) is 34.5 Å². The molecule has 0 bridgehead atoms. The number of amides is 3. The van der Waals surface area contributed by atoms with Crippen LogP contribution in [0.15, 0.2) is 36.0 Å². The summed E-state index contributed by atoms with van der Waals surface area (Å²) in [6.07, 6.45) is 1.14. The Labute approximate surface area is 281 Å². The smallest absolute Gasteiger partial charge is 0.407 e. The summed E-state index contributed by atoms with van der Waals surface area (Å²) in [6.45, 7) is 16.9. The number of fused-ring (bicyclic) bond motifs is 2. The zero-order valence-corrected chi connectivity index (χ0v) is 30.2. The van der Waals surface area contributed by atoms with Gasteiger partial charge in [0.05, 0.1) is 28.9 Å². The minimum Gasteiger partial charge on any atom is -0.496 e. The highest BCUT2D eigenvalue weighted by molar-refractivity contribution is 7.16. The van der Waals surface area contributed by atoms with Gasteiger partial charge in [-0.1, -0.05) is 40.4 Å². The van der Waals surface area contributed by atoms with Gasteiger partial charge in [-0.05, 0) is 29.7 Å². The van der Waals surface area contributed by atoms with E-state index in [0.29, 0.717) is 57.5 Å². The van der Waals surface area contributed by atoms with Gasteiger partial charge >= 0.3 is 12.1 Å². The molecule has 4 heterocycles. The topological polar surface area (TPSA) is 134 Å². The van der Waals surface area contributed by atoms with E-state index in [1.54, 1.807) is 24.5 Å². The van der Waals surface area contributed by atoms with Crippen LogP contribution < -0.4 is 15.4 Å². The van der Waals surface area contributed by atoms with Crippen LogP contribution in [0.5, 0.6) is 5.75 Å². The van der Waals surface area contributed by atoms with E-state index >= 15 is 0 Å². The molecule has 1 aliphatic heterocycles. The van der Waals surface area contributed by atoms with Gasteiger partial charge in [0.15, 0.2) is 0 Å². The van der Waals surface area contributed by atoms with Crippen LogP contribution in [-0.4, -0.2) is 102 Å². The second kappa shape index (κ2) is 14.2. The lowest BCUT2D eigenvalue weighted by Gasteiger charge is -2.46. The standard InChI is InChI=1S/C33H47N7O5SSi/c1-33(2,3)28-19-38(12-13-40(28)32(42)43)11-10-34-31(41)37-29-9-8-22-24(23-16-25-27(46-20-35-25)17-26(23)44-4)18-39(30(22)36-29)21-45-14-15-47(5,6)7/h8-9,16-18,20,28H,10-15,19,21H2,1-7H3,(H,42,43)(H2,34,36,37,41). The molecule has 14 heteroatoms. The van der Waals surface area contributed by atoms with Crippen molar-refractivity contribution in [2.24, 2.45) is 5.41 Å². The first-order valence-corrected chi connectivity index (χ1v) is 20.6. The maximum atomic E-state index is 12.9. The third kappa shape index (κ3) is 8.42. The predicted molar refractivity (Wildman–Crippen MR) is 190 cm³/mol. The minimum absolute atomic E-state index is 0.123. The first-order chi connectivity index (χ1) is 22.2. The Hall–Kier alpha value is -3.72. The Morgan fingerprint density at radius 1 is 1.15 bits per heavy atom. The molecule has 1 saturated heterocycles. The number of nitrogens with one attached hydrogen (secondary N) is 2. The van der Waals surface area contributed by atoms with Crippen LogP contribution in [0.3, 0.4) is 0 Å². The summed E-state index contributed by atoms with van der Waals surface area (Å²) in [5.41, 5.74) is 5.09. The van der Waals surface area contributed by atoms with Crippen molar-refractivity contribution in [2.45, 2.75) is 59.2 Å². The molecule has 12 nitrogen and oxygen atoms in total. The lowest BCUT2D eigenvalue weighted by atomic mass is 9.84. The third-order valence-corrected chi connectivity index (χ3v) is 11.1. The number of rotatable bonds is 11. The van der Waals surface area contributed by atoms with E-state index in [1.165, 1.54) is 4.90 Å². The molecule has 47 heavy (non-hydrogen) atoms. The molecule has 1 fully saturated rings. The zero-order valence-electron chi connectivity index (χ0n) is 28.4. The molecule has 1 aliphatic rings. The number of carboxylic acid groups (broad SMARTS) is 1. The van der Waals surface area contributed by atoms with E-state index in [0.717, 1.165) is 38.5 Å². The van der Waals surface area contributed by atoms with Crippen molar-refractivity contribution < 1.29 is 24.2 Å². The Bertz CT molecular complexity index is 1730. The second-order valence-corrected chi connectivity index (χ2v) is 20.8. The van der Waals surface area contributed by atoms with Crippen LogP contribution in [0.2, 0.25) is 25.7 Å². The van der Waals surface area contributed by atoms with Gasteiger partial charge in [0.1, 0.15) is 23.9 Å². The van der Waals surface area contributed by atoms with E-state index < -0.39 is 14.2 Å². The molecule has 1 unspecified atom stereocenters. The summed E-state index contributed by atoms with van der Waals surface area (Å²) in [5, 5.41) is 16.4. The van der Waals surface area contributed by atoms with Gasteiger partial charge in [-0.25, -0.2) is 19.6 Å². The van der Waals surface area contributed by atoms with Crippen molar-refractivity contribution >= 4 is 58.6 Å². The number of carbonyl (C=O) groups is 2. The number of ether oxygens (including phenoxy) is 2. The monoisotopic (exact) mass is 681 g/mol. The van der Waals surface area contributed by atoms with Gasteiger partial charge in [0, 0.05) is 76.2 Å². The molecule has 4 aromatic rings. The molecule has 254 valence electrons. The molecule has 0 aliphatic carbocycles. The van der Waals surface area contributed by atoms with Crippen molar-refractivity contribution in [1.29, 1.82) is 0 Å². The van der Waals surface area contributed by atoms with E-state index in [9.17, 15) is 14.7 Å². The number of hydrogen-bond acceptors (Lipinski definition) is 8. The quantitative estimate of drug-likeness (QED) is 0.121. The van der Waals surface area contributed by atoms with Gasteiger partial charge in [-0.2, -0.15) is 0 Å². The van der Waals surface area contributed by atoms with Gasteiger partial charge in [0.2, 0.25) is 0 Å². The molecule has 5 rings (SSSR count). The third-order valence-electron chi connectivity index (χ3n) is 8.56. The summed E-state index contributed by atoms with van der Waals surface area (Å²) >= 11 is 1.57. The molecule has 0 radical (unpaired) electrons. The van der Waals surface area contributed by atoms with Gasteiger partial charge in [0.25, 0.3) is 0 Å². The molecule has 1 atom stereocenters. The fraction of sp³-hybridized carbons (Fsp3) is 0.515. The van der Waals surface area contributed by atoms with Crippen molar-refractivity contribution in [1.82, 2.24) is 29.7 Å². The summed E-state index contributed by atoms with van der Waals surface area (Å²) in [5.74, 6) is 1.17. The summed E-state index contributed by atoms with van der Waals surface area (Å²) in [4.78, 5) is 37.8. The Kier molecular flexibility index (Phi) is 10.4. The molecule has 0 spiro atoms. The number of pyridine rings is 1. The fourth-order valence-electron chi connectivity index (χ4n) is 5.85. The van der Waals surface area contributed by atoms with Crippen LogP contribution in [-0.2, 0) is 11.5 Å². The molecule has 3 aromatic heterocycles. The average molecular weight is 682 g/mol. The molecule has 3 N–H and O–H groups in total. The van der Waals surface area contributed by atoms with Gasteiger partial charge < -0.3 is 29.4 Å². The number of nitrogens with zero attached hydrogens (tertiary/aromatic N) is 5. The van der Waals surface area contributed by atoms with E-state index in [4.69, 9.17) is 14.5 Å². The molecule has 3 amide bonds. The van der Waals surface area contributed by atoms with Gasteiger partial charge in [-0.3, -0.25) is 10.2 Å². The number of hydrogen-bond donors (Lipinski definition) is 3. The molecule has 0 saturated carbocycles. The van der Waals surface area contributed by atoms with Crippen LogP contribution in [0, 0.1) is 5.41 Å². The van der Waals surface area contributed by atoms with Crippen molar-refractivity contribution in [3.8, 4) is 16.9 Å². The van der Waals surface area contributed by atoms with Crippen LogP contribution >= 0.6 is 11.3 Å². The second-order valence-electron chi connectivity index (χ2n) is 14.3. The number of carbonyl (C=O) groups excluding carboxylic acids is 1. The first-order valence-electron chi connectivity index (χ1n) is 16.0. The Balaban J connectivity index is 1.30. The number of anilines is 1. The first kappa shape index (κ1) is 34.6. The number of thiazole rings is 1. The number of aromatic nitrogens is 3. The minimum atomic E-state index is -1.25. The maximum absolute atomic E-state index is 12.9.